The number of carbonyl (C=O) groups is 2. The van der Waals surface area contributed by atoms with Gasteiger partial charge in [-0.05, 0) is 35.4 Å². The first-order valence-corrected chi connectivity index (χ1v) is 9.25. The van der Waals surface area contributed by atoms with Crippen LogP contribution in [0, 0.1) is 0 Å². The number of hydrogen-bond donors (Lipinski definition) is 6. The summed E-state index contributed by atoms with van der Waals surface area (Å²) in [6.45, 7) is -0.511. The van der Waals surface area contributed by atoms with Crippen LogP contribution in [0.2, 0.25) is 0 Å². The van der Waals surface area contributed by atoms with Gasteiger partial charge in [-0.2, -0.15) is 0 Å². The van der Waals surface area contributed by atoms with Crippen LogP contribution in [0.5, 0.6) is 23.0 Å². The molecule has 0 aromatic heterocycles. The summed E-state index contributed by atoms with van der Waals surface area (Å²) in [6, 6.07) is 8.12. The molecule has 0 spiro atoms. The molecule has 0 radical (unpaired) electrons. The molecule has 0 saturated carbocycles. The SMILES string of the molecule is O=C(O)C(OCC=Cc1ccc(O)c(O)c1)C(OCC=Cc1ccc(O)c(O)c1)C(=O)O. The number of aromatic hydroxyl groups is 4. The van der Waals surface area contributed by atoms with Gasteiger partial charge in [-0.1, -0.05) is 36.4 Å². The van der Waals surface area contributed by atoms with Crippen LogP contribution >= 0.6 is 0 Å². The van der Waals surface area contributed by atoms with Crippen LogP contribution in [0.3, 0.4) is 0 Å². The average Bonchev–Trinajstić information content (AvgIpc) is 2.73. The van der Waals surface area contributed by atoms with Gasteiger partial charge in [0.15, 0.2) is 35.2 Å². The third-order valence-electron chi connectivity index (χ3n) is 4.13. The maximum Gasteiger partial charge on any atom is 0.336 e. The summed E-state index contributed by atoms with van der Waals surface area (Å²) in [6.07, 6.45) is 2.22. The minimum atomic E-state index is -1.79. The van der Waals surface area contributed by atoms with Crippen molar-refractivity contribution in [1.29, 1.82) is 0 Å². The molecule has 2 rings (SSSR count). The summed E-state index contributed by atoms with van der Waals surface area (Å²) in [5.41, 5.74) is 1.01. The third kappa shape index (κ3) is 7.04. The number of carboxylic acid groups (broad SMARTS) is 2. The number of benzene rings is 2. The van der Waals surface area contributed by atoms with Crippen molar-refractivity contribution >= 4 is 24.1 Å². The zero-order valence-electron chi connectivity index (χ0n) is 16.7. The molecule has 0 saturated heterocycles. The van der Waals surface area contributed by atoms with E-state index in [4.69, 9.17) is 9.47 Å². The number of phenolic OH excluding ortho intramolecular Hbond substituents is 4. The highest BCUT2D eigenvalue weighted by atomic mass is 16.6. The Hall–Kier alpha value is -4.02. The second kappa shape index (κ2) is 11.4. The summed E-state index contributed by atoms with van der Waals surface area (Å²) in [5, 5.41) is 56.1. The first-order chi connectivity index (χ1) is 15.2. The van der Waals surface area contributed by atoms with Crippen LogP contribution in [0.15, 0.2) is 48.6 Å². The molecule has 6 N–H and O–H groups in total. The quantitative estimate of drug-likeness (QED) is 0.281. The molecule has 10 nitrogen and oxygen atoms in total. The van der Waals surface area contributed by atoms with E-state index in [0.717, 1.165) is 0 Å². The van der Waals surface area contributed by atoms with Gasteiger partial charge in [0.05, 0.1) is 13.2 Å². The Morgan fingerprint density at radius 3 is 1.38 bits per heavy atom. The largest absolute Gasteiger partial charge is 0.504 e. The van der Waals surface area contributed by atoms with Gasteiger partial charge in [0.2, 0.25) is 0 Å². The van der Waals surface area contributed by atoms with E-state index >= 15 is 0 Å². The molecule has 2 unspecified atom stereocenters. The van der Waals surface area contributed by atoms with Crippen molar-refractivity contribution in [2.24, 2.45) is 0 Å². The number of ether oxygens (including phenoxy) is 2. The molecular formula is C22H22O10. The lowest BCUT2D eigenvalue weighted by molar-refractivity contribution is -0.174. The van der Waals surface area contributed by atoms with Crippen molar-refractivity contribution in [3.8, 4) is 23.0 Å². The number of rotatable bonds is 11. The summed E-state index contributed by atoms with van der Waals surface area (Å²) >= 11 is 0. The zero-order chi connectivity index (χ0) is 23.7. The van der Waals surface area contributed by atoms with Crippen LogP contribution in [-0.2, 0) is 19.1 Å². The fraction of sp³-hybridized carbons (Fsp3) is 0.182. The molecule has 32 heavy (non-hydrogen) atoms. The molecule has 2 atom stereocenters. The molecule has 10 heteroatoms. The van der Waals surface area contributed by atoms with Crippen LogP contribution in [0.4, 0.5) is 0 Å². The first-order valence-electron chi connectivity index (χ1n) is 9.25. The Balaban J connectivity index is 1.96. The van der Waals surface area contributed by atoms with Gasteiger partial charge in [-0.15, -0.1) is 0 Å². The van der Waals surface area contributed by atoms with Gasteiger partial charge in [0, 0.05) is 0 Å². The van der Waals surface area contributed by atoms with E-state index in [9.17, 15) is 40.2 Å². The van der Waals surface area contributed by atoms with E-state index in [1.807, 2.05) is 0 Å². The van der Waals surface area contributed by atoms with Gasteiger partial charge in [-0.3, -0.25) is 0 Å². The van der Waals surface area contributed by atoms with Crippen molar-refractivity contribution in [2.75, 3.05) is 13.2 Å². The Bertz CT molecular complexity index is 930. The van der Waals surface area contributed by atoms with E-state index in [-0.39, 0.29) is 36.2 Å². The highest BCUT2D eigenvalue weighted by Gasteiger charge is 2.35. The smallest absolute Gasteiger partial charge is 0.336 e. The third-order valence-corrected chi connectivity index (χ3v) is 4.13. The molecule has 170 valence electrons. The van der Waals surface area contributed by atoms with Gasteiger partial charge in [-0.25, -0.2) is 9.59 Å². The van der Waals surface area contributed by atoms with E-state index in [1.165, 1.54) is 60.7 Å². The van der Waals surface area contributed by atoms with E-state index in [0.29, 0.717) is 11.1 Å². The van der Waals surface area contributed by atoms with Crippen molar-refractivity contribution in [1.82, 2.24) is 0 Å². The lowest BCUT2D eigenvalue weighted by Crippen LogP contribution is -2.43. The van der Waals surface area contributed by atoms with E-state index in [1.54, 1.807) is 0 Å². The fourth-order valence-corrected chi connectivity index (χ4v) is 2.55. The second-order valence-corrected chi connectivity index (χ2v) is 6.49. The molecule has 2 aromatic rings. The van der Waals surface area contributed by atoms with Crippen LogP contribution in [0.1, 0.15) is 11.1 Å². The fourth-order valence-electron chi connectivity index (χ4n) is 2.55. The normalized spacial score (nSPS) is 13.4. The van der Waals surface area contributed by atoms with Crippen LogP contribution in [-0.4, -0.2) is 68.0 Å². The van der Waals surface area contributed by atoms with E-state index in [2.05, 4.69) is 0 Å². The van der Waals surface area contributed by atoms with Crippen molar-refractivity contribution in [2.45, 2.75) is 12.2 Å². The monoisotopic (exact) mass is 446 g/mol. The van der Waals surface area contributed by atoms with Crippen molar-refractivity contribution in [3.05, 3.63) is 59.7 Å². The molecule has 2 aromatic carbocycles. The molecular weight excluding hydrogens is 424 g/mol. The first kappa shape index (κ1) is 24.3. The number of phenols is 4. The highest BCUT2D eigenvalue weighted by molar-refractivity contribution is 5.83. The maximum atomic E-state index is 11.5. The Morgan fingerprint density at radius 2 is 1.06 bits per heavy atom. The van der Waals surface area contributed by atoms with E-state index < -0.39 is 24.1 Å². The Morgan fingerprint density at radius 1 is 0.688 bits per heavy atom. The van der Waals surface area contributed by atoms with Crippen molar-refractivity contribution < 1.29 is 49.7 Å². The summed E-state index contributed by atoms with van der Waals surface area (Å²) in [7, 11) is 0. The molecule has 0 aliphatic heterocycles. The molecule has 0 bridgehead atoms. The standard InChI is InChI=1S/C22H22O10/c23-15-7-5-13(11-17(15)25)3-1-9-31-19(21(27)28)20(22(29)30)32-10-2-4-14-6-8-16(24)18(26)12-14/h1-8,11-12,19-20,23-26H,9-10H2,(H,27,28)(H,29,30). The number of hydrogen-bond acceptors (Lipinski definition) is 8. The predicted octanol–water partition coefficient (Wildman–Crippen LogP) is 2.18. The topological polar surface area (TPSA) is 174 Å². The van der Waals surface area contributed by atoms with Gasteiger partial charge in [0.1, 0.15) is 0 Å². The van der Waals surface area contributed by atoms with Crippen LogP contribution in [0.25, 0.3) is 12.2 Å². The van der Waals surface area contributed by atoms with Crippen molar-refractivity contribution in [3.63, 3.8) is 0 Å². The van der Waals surface area contributed by atoms with Gasteiger partial charge in [0.25, 0.3) is 0 Å². The zero-order valence-corrected chi connectivity index (χ0v) is 16.7. The summed E-state index contributed by atoms with van der Waals surface area (Å²) < 4.78 is 10.3. The molecule has 0 heterocycles. The number of aliphatic carboxylic acids is 2. The molecule has 0 amide bonds. The predicted molar refractivity (Wildman–Crippen MR) is 112 cm³/mol. The molecule has 0 aliphatic rings. The maximum absolute atomic E-state index is 11.5. The lowest BCUT2D eigenvalue weighted by atomic mass is 10.2. The number of carboxylic acids is 2. The summed E-state index contributed by atoms with van der Waals surface area (Å²) in [4.78, 5) is 23.0. The lowest BCUT2D eigenvalue weighted by Gasteiger charge is -2.20. The minimum absolute atomic E-state index is 0.256. The Labute approximate surface area is 182 Å². The van der Waals surface area contributed by atoms with Gasteiger partial charge >= 0.3 is 11.9 Å². The molecule has 0 fully saturated rings. The summed E-state index contributed by atoms with van der Waals surface area (Å²) in [5.74, 6) is -4.29. The minimum Gasteiger partial charge on any atom is -0.504 e. The molecule has 0 aliphatic carbocycles. The van der Waals surface area contributed by atoms with Crippen LogP contribution < -0.4 is 0 Å². The Kier molecular flexibility index (Phi) is 8.63. The average molecular weight is 446 g/mol. The highest BCUT2D eigenvalue weighted by Crippen LogP contribution is 2.26. The van der Waals surface area contributed by atoms with Gasteiger partial charge < -0.3 is 40.1 Å². The second-order valence-electron chi connectivity index (χ2n) is 6.49.